The summed E-state index contributed by atoms with van der Waals surface area (Å²) in [5.74, 6) is 0. The lowest BCUT2D eigenvalue weighted by molar-refractivity contribution is 0.285. The third kappa shape index (κ3) is 3.36. The van der Waals surface area contributed by atoms with E-state index in [0.717, 1.165) is 0 Å². The topological polar surface area (TPSA) is 57.6 Å². The molecule has 0 amide bonds. The molecule has 1 aliphatic heterocycles. The molecule has 0 aromatic carbocycles. The first-order valence-corrected chi connectivity index (χ1v) is 9.88. The normalized spacial score (nSPS) is 25.7. The van der Waals surface area contributed by atoms with Crippen LogP contribution in [0, 0.1) is 0 Å². The second-order valence-electron chi connectivity index (χ2n) is 4.59. The molecule has 1 fully saturated rings. The Morgan fingerprint density at radius 1 is 1.42 bits per heavy atom. The van der Waals surface area contributed by atoms with Gasteiger partial charge in [0.05, 0.1) is 10.4 Å². The third-order valence-electron chi connectivity index (χ3n) is 2.87. The fourth-order valence-corrected chi connectivity index (χ4v) is 7.74. The molecule has 0 aliphatic carbocycles. The summed E-state index contributed by atoms with van der Waals surface area (Å²) < 4.78 is 27.4. The molecule has 1 aromatic rings. The van der Waals surface area contributed by atoms with Crippen LogP contribution in [-0.4, -0.2) is 41.4 Å². The average Bonchev–Trinajstić information content (AvgIpc) is 2.70. The molecule has 0 bridgehead atoms. The van der Waals surface area contributed by atoms with Gasteiger partial charge in [-0.25, -0.2) is 8.42 Å². The van der Waals surface area contributed by atoms with Gasteiger partial charge in [0.2, 0.25) is 10.0 Å². The molecule has 2 unspecified atom stereocenters. The van der Waals surface area contributed by atoms with Gasteiger partial charge in [-0.3, -0.25) is 0 Å². The van der Waals surface area contributed by atoms with Gasteiger partial charge in [0, 0.05) is 28.5 Å². The van der Waals surface area contributed by atoms with Crippen LogP contribution < -0.4 is 0 Å². The quantitative estimate of drug-likeness (QED) is 0.868. The molecule has 2 rings (SSSR count). The van der Waals surface area contributed by atoms with E-state index in [0.29, 0.717) is 32.3 Å². The molecule has 1 saturated heterocycles. The zero-order valence-electron chi connectivity index (χ0n) is 10.7. The van der Waals surface area contributed by atoms with E-state index in [1.54, 1.807) is 10.4 Å². The van der Waals surface area contributed by atoms with E-state index < -0.39 is 10.0 Å². The Bertz CT molecular complexity index is 548. The highest BCUT2D eigenvalue weighted by Gasteiger charge is 2.34. The molecule has 1 aliphatic rings. The van der Waals surface area contributed by atoms with Crippen molar-refractivity contribution in [2.24, 2.45) is 0 Å². The highest BCUT2D eigenvalue weighted by atomic mass is 79.9. The van der Waals surface area contributed by atoms with Crippen LogP contribution in [0.15, 0.2) is 14.7 Å². The van der Waals surface area contributed by atoms with Gasteiger partial charge in [0.15, 0.2) is 0 Å². The van der Waals surface area contributed by atoms with Crippen molar-refractivity contribution in [3.8, 4) is 0 Å². The molecule has 8 heteroatoms. The summed E-state index contributed by atoms with van der Waals surface area (Å²) in [6, 6.07) is 1.56. The lowest BCUT2D eigenvalue weighted by Gasteiger charge is -2.33. The minimum Gasteiger partial charge on any atom is -0.391 e. The van der Waals surface area contributed by atoms with E-state index in [-0.39, 0.29) is 11.5 Å². The van der Waals surface area contributed by atoms with E-state index in [1.807, 2.05) is 25.6 Å². The first-order chi connectivity index (χ1) is 8.84. The number of sulfonamides is 1. The van der Waals surface area contributed by atoms with E-state index >= 15 is 0 Å². The molecule has 0 radical (unpaired) electrons. The number of thioether (sulfide) groups is 1. The van der Waals surface area contributed by atoms with Crippen molar-refractivity contribution in [1.29, 1.82) is 0 Å². The van der Waals surface area contributed by atoms with Gasteiger partial charge in [-0.1, -0.05) is 13.8 Å². The zero-order valence-corrected chi connectivity index (χ0v) is 14.7. The van der Waals surface area contributed by atoms with Crippen molar-refractivity contribution in [3.63, 3.8) is 0 Å². The third-order valence-corrected chi connectivity index (χ3v) is 8.16. The van der Waals surface area contributed by atoms with Gasteiger partial charge in [-0.15, -0.1) is 11.3 Å². The van der Waals surface area contributed by atoms with Gasteiger partial charge in [0.1, 0.15) is 4.90 Å². The van der Waals surface area contributed by atoms with Gasteiger partial charge in [0.25, 0.3) is 0 Å². The average molecular weight is 386 g/mol. The van der Waals surface area contributed by atoms with Gasteiger partial charge in [-0.05, 0) is 22.0 Å². The fourth-order valence-electron chi connectivity index (χ4n) is 2.12. The van der Waals surface area contributed by atoms with Gasteiger partial charge < -0.3 is 5.11 Å². The molecular formula is C11H16BrNO3S3. The molecule has 1 aromatic heterocycles. The first-order valence-electron chi connectivity index (χ1n) is 5.89. The second kappa shape index (κ2) is 6.03. The maximum absolute atomic E-state index is 12.6. The smallest absolute Gasteiger partial charge is 0.245 e. The van der Waals surface area contributed by atoms with Crippen molar-refractivity contribution < 1.29 is 13.5 Å². The summed E-state index contributed by atoms with van der Waals surface area (Å²) in [5.41, 5.74) is 0. The largest absolute Gasteiger partial charge is 0.391 e. The van der Waals surface area contributed by atoms with Crippen LogP contribution in [-0.2, 0) is 16.6 Å². The molecule has 0 saturated carbocycles. The molecule has 19 heavy (non-hydrogen) atoms. The Labute approximate surface area is 130 Å². The summed E-state index contributed by atoms with van der Waals surface area (Å²) in [6.45, 7) is 5.03. The Hall–Kier alpha value is 0.400. The molecule has 4 nitrogen and oxygen atoms in total. The minimum absolute atomic E-state index is 0.137. The van der Waals surface area contributed by atoms with Crippen LogP contribution in [0.3, 0.4) is 0 Å². The number of halogens is 1. The van der Waals surface area contributed by atoms with E-state index in [9.17, 15) is 8.42 Å². The maximum Gasteiger partial charge on any atom is 0.245 e. The molecule has 108 valence electrons. The predicted molar refractivity (Wildman–Crippen MR) is 83.2 cm³/mol. The van der Waals surface area contributed by atoms with Gasteiger partial charge in [-0.2, -0.15) is 16.1 Å². The molecule has 1 N–H and O–H groups in total. The van der Waals surface area contributed by atoms with Crippen LogP contribution in [0.25, 0.3) is 0 Å². The van der Waals surface area contributed by atoms with Crippen molar-refractivity contribution in [2.45, 2.75) is 35.8 Å². The maximum atomic E-state index is 12.6. The molecule has 2 heterocycles. The Balaban J connectivity index is 2.33. The lowest BCUT2D eigenvalue weighted by Crippen LogP contribution is -2.43. The first kappa shape index (κ1) is 15.8. The van der Waals surface area contributed by atoms with Crippen LogP contribution in [0.5, 0.6) is 0 Å². The van der Waals surface area contributed by atoms with Crippen molar-refractivity contribution in [1.82, 2.24) is 4.31 Å². The summed E-state index contributed by atoms with van der Waals surface area (Å²) in [4.78, 5) is 0.922. The summed E-state index contributed by atoms with van der Waals surface area (Å²) in [6.07, 6.45) is 0. The summed E-state index contributed by atoms with van der Waals surface area (Å²) in [7, 11) is -3.48. The Morgan fingerprint density at radius 2 is 2.00 bits per heavy atom. The van der Waals surface area contributed by atoms with E-state index in [2.05, 4.69) is 15.9 Å². The molecule has 2 atom stereocenters. The number of hydrogen-bond donors (Lipinski definition) is 1. The highest BCUT2D eigenvalue weighted by Crippen LogP contribution is 2.36. The fraction of sp³-hybridized carbons (Fsp3) is 0.636. The van der Waals surface area contributed by atoms with Gasteiger partial charge >= 0.3 is 0 Å². The standard InChI is InChI=1S/C11H16BrNO3S3/c1-7-4-13(5-8(2)17-7)19(15,16)10-3-9(6-14)18-11(10)12/h3,7-8,14H,4-6H2,1-2H3. The van der Waals surface area contributed by atoms with Crippen molar-refractivity contribution in [3.05, 3.63) is 14.7 Å². The lowest BCUT2D eigenvalue weighted by atomic mass is 10.4. The second-order valence-corrected chi connectivity index (χ2v) is 10.8. The van der Waals surface area contributed by atoms with Crippen molar-refractivity contribution in [2.75, 3.05) is 13.1 Å². The van der Waals surface area contributed by atoms with Crippen LogP contribution in [0.2, 0.25) is 0 Å². The van der Waals surface area contributed by atoms with Crippen molar-refractivity contribution >= 4 is 49.1 Å². The molecular weight excluding hydrogens is 370 g/mol. The number of thiophene rings is 1. The monoisotopic (exact) mass is 385 g/mol. The van der Waals surface area contributed by atoms with Crippen LogP contribution in [0.4, 0.5) is 0 Å². The zero-order chi connectivity index (χ0) is 14.2. The van der Waals surface area contributed by atoms with Crippen LogP contribution >= 0.6 is 39.0 Å². The predicted octanol–water partition coefficient (Wildman–Crippen LogP) is 2.52. The highest BCUT2D eigenvalue weighted by molar-refractivity contribution is 9.11. The number of aliphatic hydroxyl groups is 1. The number of aliphatic hydroxyl groups excluding tert-OH is 1. The number of rotatable bonds is 3. The summed E-state index contributed by atoms with van der Waals surface area (Å²) >= 11 is 6.36. The van der Waals surface area contributed by atoms with Crippen LogP contribution in [0.1, 0.15) is 18.7 Å². The van der Waals surface area contributed by atoms with E-state index in [1.165, 1.54) is 11.3 Å². The number of hydrogen-bond acceptors (Lipinski definition) is 5. The summed E-state index contributed by atoms with van der Waals surface area (Å²) in [5, 5.41) is 9.71. The molecule has 0 spiro atoms. The number of nitrogens with zero attached hydrogens (tertiary/aromatic N) is 1. The Morgan fingerprint density at radius 3 is 2.47 bits per heavy atom. The van der Waals surface area contributed by atoms with E-state index in [4.69, 9.17) is 5.11 Å². The SMILES string of the molecule is CC1CN(S(=O)(=O)c2cc(CO)sc2Br)CC(C)S1. The minimum atomic E-state index is -3.48. The Kier molecular flexibility index (Phi) is 5.01.